The Balaban J connectivity index is 3.06. The van der Waals surface area contributed by atoms with Crippen LogP contribution in [0.3, 0.4) is 0 Å². The molecule has 0 saturated heterocycles. The summed E-state index contributed by atoms with van der Waals surface area (Å²) in [5.74, 6) is -0.0578. The van der Waals surface area contributed by atoms with Crippen molar-refractivity contribution in [3.05, 3.63) is 35.1 Å². The highest BCUT2D eigenvalue weighted by atomic mass is 19.4. The van der Waals surface area contributed by atoms with Crippen molar-refractivity contribution in [2.45, 2.75) is 18.6 Å². The summed E-state index contributed by atoms with van der Waals surface area (Å²) in [5.41, 5.74) is 3.74. The topological polar surface area (TPSA) is 43.1 Å². The van der Waals surface area contributed by atoms with Crippen LogP contribution in [0.25, 0.3) is 0 Å². The SMILES string of the molecule is C#CCC(N)C(=O)c1ccc(C(F)(F)F)c(F)c1. The zero-order valence-corrected chi connectivity index (χ0v) is 9.09. The largest absolute Gasteiger partial charge is 0.419 e. The third-order valence-corrected chi connectivity index (χ3v) is 2.23. The minimum atomic E-state index is -4.80. The highest BCUT2D eigenvalue weighted by Crippen LogP contribution is 2.31. The fourth-order valence-corrected chi connectivity index (χ4v) is 1.33. The van der Waals surface area contributed by atoms with Crippen molar-refractivity contribution < 1.29 is 22.4 Å². The van der Waals surface area contributed by atoms with E-state index in [0.29, 0.717) is 12.1 Å². The average Bonchev–Trinajstić information content (AvgIpc) is 2.26. The Morgan fingerprint density at radius 3 is 2.50 bits per heavy atom. The van der Waals surface area contributed by atoms with E-state index in [1.165, 1.54) is 0 Å². The van der Waals surface area contributed by atoms with Gasteiger partial charge in [-0.05, 0) is 12.1 Å². The van der Waals surface area contributed by atoms with Crippen molar-refractivity contribution in [1.29, 1.82) is 0 Å². The van der Waals surface area contributed by atoms with Crippen molar-refractivity contribution in [2.24, 2.45) is 5.73 Å². The molecule has 6 heteroatoms. The van der Waals surface area contributed by atoms with Crippen LogP contribution >= 0.6 is 0 Å². The monoisotopic (exact) mass is 259 g/mol. The predicted octanol–water partition coefficient (Wildman–Crippen LogP) is 2.38. The average molecular weight is 259 g/mol. The standard InChI is InChI=1S/C12H9F4NO/c1-2-3-10(17)11(18)7-4-5-8(9(13)6-7)12(14,15)16/h1,4-6,10H,3,17H2. The molecule has 0 bridgehead atoms. The Bertz CT molecular complexity index is 502. The number of carbonyl (C=O) groups is 1. The fourth-order valence-electron chi connectivity index (χ4n) is 1.33. The summed E-state index contributed by atoms with van der Waals surface area (Å²) in [4.78, 5) is 11.6. The number of carbonyl (C=O) groups excluding carboxylic acids is 1. The van der Waals surface area contributed by atoms with E-state index >= 15 is 0 Å². The molecule has 0 aliphatic heterocycles. The van der Waals surface area contributed by atoms with Gasteiger partial charge >= 0.3 is 6.18 Å². The van der Waals surface area contributed by atoms with E-state index in [9.17, 15) is 22.4 Å². The lowest BCUT2D eigenvalue weighted by Gasteiger charge is -2.11. The zero-order chi connectivity index (χ0) is 13.9. The molecule has 1 aromatic carbocycles. The third-order valence-electron chi connectivity index (χ3n) is 2.23. The summed E-state index contributed by atoms with van der Waals surface area (Å²) in [6, 6.07) is 0.850. The number of nitrogens with two attached hydrogens (primary N) is 1. The van der Waals surface area contributed by atoms with Gasteiger partial charge in [0.15, 0.2) is 5.78 Å². The van der Waals surface area contributed by atoms with Gasteiger partial charge in [-0.25, -0.2) is 4.39 Å². The first kappa shape index (κ1) is 14.2. The van der Waals surface area contributed by atoms with Gasteiger partial charge in [-0.15, -0.1) is 12.3 Å². The molecule has 0 radical (unpaired) electrons. The number of ketones is 1. The van der Waals surface area contributed by atoms with E-state index in [1.54, 1.807) is 0 Å². The summed E-state index contributed by atoms with van der Waals surface area (Å²) in [5, 5.41) is 0. The second-order valence-corrected chi connectivity index (χ2v) is 3.57. The molecule has 18 heavy (non-hydrogen) atoms. The smallest absolute Gasteiger partial charge is 0.320 e. The Hall–Kier alpha value is -1.87. The van der Waals surface area contributed by atoms with Crippen LogP contribution in [0.2, 0.25) is 0 Å². The van der Waals surface area contributed by atoms with E-state index in [-0.39, 0.29) is 12.0 Å². The molecule has 0 amide bonds. The van der Waals surface area contributed by atoms with Gasteiger partial charge in [-0.3, -0.25) is 4.79 Å². The maximum atomic E-state index is 13.2. The molecule has 0 saturated carbocycles. The molecule has 1 aromatic rings. The number of halogens is 4. The van der Waals surface area contributed by atoms with Gasteiger partial charge in [0.25, 0.3) is 0 Å². The van der Waals surface area contributed by atoms with Crippen LogP contribution in [0.5, 0.6) is 0 Å². The molecule has 0 aromatic heterocycles. The number of rotatable bonds is 3. The molecule has 1 unspecified atom stereocenters. The number of benzene rings is 1. The zero-order valence-electron chi connectivity index (χ0n) is 9.09. The van der Waals surface area contributed by atoms with Gasteiger partial charge in [0.1, 0.15) is 5.82 Å². The molecule has 0 heterocycles. The Morgan fingerprint density at radius 2 is 2.06 bits per heavy atom. The fraction of sp³-hybridized carbons (Fsp3) is 0.250. The van der Waals surface area contributed by atoms with Gasteiger partial charge < -0.3 is 5.73 Å². The number of hydrogen-bond donors (Lipinski definition) is 1. The van der Waals surface area contributed by atoms with Gasteiger partial charge in [-0.2, -0.15) is 13.2 Å². The predicted molar refractivity (Wildman–Crippen MR) is 57.2 cm³/mol. The van der Waals surface area contributed by atoms with E-state index in [4.69, 9.17) is 12.2 Å². The van der Waals surface area contributed by atoms with Crippen LogP contribution in [-0.4, -0.2) is 11.8 Å². The van der Waals surface area contributed by atoms with Crippen molar-refractivity contribution in [3.8, 4) is 12.3 Å². The van der Waals surface area contributed by atoms with E-state index in [0.717, 1.165) is 6.07 Å². The number of alkyl halides is 3. The van der Waals surface area contributed by atoms with Crippen molar-refractivity contribution in [3.63, 3.8) is 0 Å². The Kier molecular flexibility index (Phi) is 4.09. The second kappa shape index (κ2) is 5.19. The Morgan fingerprint density at radius 1 is 1.44 bits per heavy atom. The van der Waals surface area contributed by atoms with Crippen LogP contribution in [0.4, 0.5) is 17.6 Å². The van der Waals surface area contributed by atoms with Crippen LogP contribution < -0.4 is 5.73 Å². The molecule has 96 valence electrons. The van der Waals surface area contributed by atoms with Crippen LogP contribution in [0, 0.1) is 18.2 Å². The van der Waals surface area contributed by atoms with Gasteiger partial charge in [-0.1, -0.05) is 6.07 Å². The molecular weight excluding hydrogens is 250 g/mol. The first-order valence-corrected chi connectivity index (χ1v) is 4.87. The van der Waals surface area contributed by atoms with Crippen molar-refractivity contribution in [1.82, 2.24) is 0 Å². The number of Topliss-reactive ketones (excluding diaryl/α,β-unsaturated/α-hetero) is 1. The first-order chi connectivity index (χ1) is 8.27. The molecule has 0 fully saturated rings. The first-order valence-electron chi connectivity index (χ1n) is 4.87. The molecule has 0 spiro atoms. The van der Waals surface area contributed by atoms with Crippen molar-refractivity contribution >= 4 is 5.78 Å². The molecule has 2 nitrogen and oxygen atoms in total. The summed E-state index contributed by atoms with van der Waals surface area (Å²) in [7, 11) is 0. The van der Waals surface area contributed by atoms with Crippen LogP contribution in [0.15, 0.2) is 18.2 Å². The molecule has 0 aliphatic rings. The maximum Gasteiger partial charge on any atom is 0.419 e. The van der Waals surface area contributed by atoms with E-state index in [1.807, 2.05) is 0 Å². The summed E-state index contributed by atoms with van der Waals surface area (Å²) >= 11 is 0. The van der Waals surface area contributed by atoms with E-state index < -0.39 is 29.4 Å². The van der Waals surface area contributed by atoms with Gasteiger partial charge in [0.05, 0.1) is 11.6 Å². The summed E-state index contributed by atoms with van der Waals surface area (Å²) in [6.07, 6.45) is 0.0844. The van der Waals surface area contributed by atoms with E-state index in [2.05, 4.69) is 5.92 Å². The normalized spacial score (nSPS) is 12.9. The molecule has 1 rings (SSSR count). The number of terminal acetylenes is 1. The number of hydrogen-bond acceptors (Lipinski definition) is 2. The third kappa shape index (κ3) is 3.08. The lowest BCUT2D eigenvalue weighted by molar-refractivity contribution is -0.140. The summed E-state index contributed by atoms with van der Waals surface area (Å²) in [6.45, 7) is 0. The molecular formula is C12H9F4NO. The molecule has 1 atom stereocenters. The lowest BCUT2D eigenvalue weighted by Crippen LogP contribution is -2.30. The molecule has 0 aliphatic carbocycles. The van der Waals surface area contributed by atoms with Crippen molar-refractivity contribution in [2.75, 3.05) is 0 Å². The van der Waals surface area contributed by atoms with Gasteiger partial charge in [0.2, 0.25) is 0 Å². The lowest BCUT2D eigenvalue weighted by atomic mass is 10.0. The summed E-state index contributed by atoms with van der Waals surface area (Å²) < 4.78 is 50.1. The van der Waals surface area contributed by atoms with Crippen LogP contribution in [-0.2, 0) is 6.18 Å². The highest BCUT2D eigenvalue weighted by Gasteiger charge is 2.34. The molecule has 2 N–H and O–H groups in total. The van der Waals surface area contributed by atoms with Crippen LogP contribution in [0.1, 0.15) is 22.3 Å². The quantitative estimate of drug-likeness (QED) is 0.514. The minimum absolute atomic E-state index is 0.0680. The second-order valence-electron chi connectivity index (χ2n) is 3.57. The Labute approximate surface area is 101 Å². The maximum absolute atomic E-state index is 13.2. The van der Waals surface area contributed by atoms with Gasteiger partial charge in [0, 0.05) is 12.0 Å². The highest BCUT2D eigenvalue weighted by molar-refractivity contribution is 6.00. The minimum Gasteiger partial charge on any atom is -0.320 e.